The van der Waals surface area contributed by atoms with Crippen molar-refractivity contribution >= 4 is 0 Å². The quantitative estimate of drug-likeness (QED) is 0.681. The molecule has 1 rings (SSSR count). The Morgan fingerprint density at radius 2 is 1.71 bits per heavy atom. The van der Waals surface area contributed by atoms with E-state index in [0.29, 0.717) is 36.0 Å². The van der Waals surface area contributed by atoms with Crippen molar-refractivity contribution in [3.63, 3.8) is 0 Å². The van der Waals surface area contributed by atoms with E-state index < -0.39 is 0 Å². The first-order valence-electron chi connectivity index (χ1n) is 6.97. The van der Waals surface area contributed by atoms with Crippen LogP contribution in [0.5, 0.6) is 23.0 Å². The van der Waals surface area contributed by atoms with Gasteiger partial charge in [-0.1, -0.05) is 6.92 Å². The van der Waals surface area contributed by atoms with Gasteiger partial charge < -0.3 is 29.4 Å². The highest BCUT2D eigenvalue weighted by atomic mass is 16.5. The molecular weight excluding hydrogens is 274 g/mol. The molecule has 0 bridgehead atoms. The molecule has 6 heteroatoms. The van der Waals surface area contributed by atoms with Gasteiger partial charge in [0.1, 0.15) is 12.4 Å². The molecule has 1 aromatic rings. The van der Waals surface area contributed by atoms with Crippen LogP contribution in [0.3, 0.4) is 0 Å². The second-order valence-corrected chi connectivity index (χ2v) is 4.44. The number of hydrogen-bond acceptors (Lipinski definition) is 6. The molecule has 1 unspecified atom stereocenters. The number of likely N-dealkylation sites (N-methyl/N-ethyl adjacent to an activating group) is 1. The summed E-state index contributed by atoms with van der Waals surface area (Å²) in [5, 5.41) is 12.3. The van der Waals surface area contributed by atoms with E-state index in [1.54, 1.807) is 33.5 Å². The second-order valence-electron chi connectivity index (χ2n) is 4.44. The zero-order valence-electron chi connectivity index (χ0n) is 13.1. The third-order valence-electron chi connectivity index (χ3n) is 3.06. The first-order chi connectivity index (χ1) is 10.2. The highest BCUT2D eigenvalue weighted by molar-refractivity contribution is 5.55. The molecule has 0 aliphatic heterocycles. The number of aliphatic hydroxyl groups excluding tert-OH is 1. The summed E-state index contributed by atoms with van der Waals surface area (Å²) in [4.78, 5) is 0. The predicted octanol–water partition coefficient (Wildman–Crippen LogP) is 1.45. The van der Waals surface area contributed by atoms with E-state index in [1.165, 1.54) is 0 Å². The molecule has 0 amide bonds. The van der Waals surface area contributed by atoms with E-state index >= 15 is 0 Å². The summed E-state index contributed by atoms with van der Waals surface area (Å²) in [6.07, 6.45) is 0.637. The van der Waals surface area contributed by atoms with Crippen molar-refractivity contribution in [2.24, 2.45) is 0 Å². The van der Waals surface area contributed by atoms with E-state index in [-0.39, 0.29) is 12.6 Å². The molecule has 0 fully saturated rings. The number of rotatable bonds is 10. The highest BCUT2D eigenvalue weighted by Crippen LogP contribution is 2.40. The number of ether oxygens (including phenoxy) is 4. The van der Waals surface area contributed by atoms with Gasteiger partial charge >= 0.3 is 0 Å². The third kappa shape index (κ3) is 4.99. The summed E-state index contributed by atoms with van der Waals surface area (Å²) in [5.74, 6) is 2.26. The maximum Gasteiger partial charge on any atom is 0.203 e. The smallest absolute Gasteiger partial charge is 0.203 e. The molecule has 0 heterocycles. The average molecular weight is 299 g/mol. The maximum atomic E-state index is 9.04. The molecule has 0 radical (unpaired) electrons. The fourth-order valence-corrected chi connectivity index (χ4v) is 2.03. The van der Waals surface area contributed by atoms with Crippen molar-refractivity contribution in [3.05, 3.63) is 12.1 Å². The van der Waals surface area contributed by atoms with E-state index in [2.05, 4.69) is 5.32 Å². The van der Waals surface area contributed by atoms with Gasteiger partial charge in [-0.05, 0) is 13.0 Å². The molecule has 0 saturated heterocycles. The Kier molecular flexibility index (Phi) is 7.71. The third-order valence-corrected chi connectivity index (χ3v) is 3.06. The van der Waals surface area contributed by atoms with Crippen LogP contribution in [0.15, 0.2) is 12.1 Å². The predicted molar refractivity (Wildman–Crippen MR) is 80.8 cm³/mol. The number of benzene rings is 1. The van der Waals surface area contributed by atoms with Crippen LogP contribution in [0.25, 0.3) is 0 Å². The van der Waals surface area contributed by atoms with E-state index in [1.807, 2.05) is 6.92 Å². The molecule has 0 aliphatic carbocycles. The topological polar surface area (TPSA) is 69.2 Å². The Bertz CT molecular complexity index is 394. The molecule has 2 N–H and O–H groups in total. The Balaban J connectivity index is 2.83. The maximum absolute atomic E-state index is 9.04. The van der Waals surface area contributed by atoms with Crippen LogP contribution in [-0.2, 0) is 0 Å². The number of nitrogens with one attached hydrogen (secondary N) is 1. The summed E-state index contributed by atoms with van der Waals surface area (Å²) in [6, 6.07) is 3.60. The van der Waals surface area contributed by atoms with Crippen molar-refractivity contribution in [1.82, 2.24) is 5.32 Å². The van der Waals surface area contributed by atoms with Crippen LogP contribution in [0.2, 0.25) is 0 Å². The Morgan fingerprint density at radius 3 is 2.14 bits per heavy atom. The second kappa shape index (κ2) is 9.31. The van der Waals surface area contributed by atoms with Gasteiger partial charge in [0.05, 0.1) is 21.3 Å². The molecule has 120 valence electrons. The summed E-state index contributed by atoms with van der Waals surface area (Å²) in [7, 11) is 4.69. The average Bonchev–Trinajstić information content (AvgIpc) is 2.51. The van der Waals surface area contributed by atoms with Crippen LogP contribution in [0, 0.1) is 0 Å². The summed E-state index contributed by atoms with van der Waals surface area (Å²) < 4.78 is 21.6. The zero-order chi connectivity index (χ0) is 15.7. The highest BCUT2D eigenvalue weighted by Gasteiger charge is 2.15. The lowest BCUT2D eigenvalue weighted by Gasteiger charge is -2.19. The summed E-state index contributed by atoms with van der Waals surface area (Å²) >= 11 is 0. The van der Waals surface area contributed by atoms with Crippen LogP contribution < -0.4 is 24.3 Å². The van der Waals surface area contributed by atoms with Gasteiger partial charge in [-0.2, -0.15) is 0 Å². The van der Waals surface area contributed by atoms with Crippen molar-refractivity contribution in [1.29, 1.82) is 0 Å². The standard InChI is InChI=1S/C15H25NO5/c1-5-16-11(6-7-17)10-21-12-8-13(18-2)15(20-4)14(9-12)19-3/h8-9,11,16-17H,5-7,10H2,1-4H3. The minimum Gasteiger partial charge on any atom is -0.493 e. The van der Waals surface area contributed by atoms with Crippen molar-refractivity contribution < 1.29 is 24.1 Å². The molecule has 0 aromatic heterocycles. The summed E-state index contributed by atoms with van der Waals surface area (Å²) in [5.41, 5.74) is 0. The SMILES string of the molecule is CCNC(CCO)COc1cc(OC)c(OC)c(OC)c1. The van der Waals surface area contributed by atoms with Gasteiger partial charge in [-0.25, -0.2) is 0 Å². The Hall–Kier alpha value is -1.66. The van der Waals surface area contributed by atoms with Crippen LogP contribution in [0.1, 0.15) is 13.3 Å². The molecule has 21 heavy (non-hydrogen) atoms. The van der Waals surface area contributed by atoms with Crippen LogP contribution in [-0.4, -0.2) is 52.2 Å². The van der Waals surface area contributed by atoms with Gasteiger partial charge in [0, 0.05) is 24.8 Å². The summed E-state index contributed by atoms with van der Waals surface area (Å²) in [6.45, 7) is 3.41. The largest absolute Gasteiger partial charge is 0.493 e. The van der Waals surface area contributed by atoms with Crippen molar-refractivity contribution in [2.75, 3.05) is 41.1 Å². The van der Waals surface area contributed by atoms with Gasteiger partial charge in [0.15, 0.2) is 11.5 Å². The van der Waals surface area contributed by atoms with E-state index in [9.17, 15) is 0 Å². The lowest BCUT2D eigenvalue weighted by molar-refractivity contribution is 0.213. The van der Waals surface area contributed by atoms with Gasteiger partial charge in [-0.3, -0.25) is 0 Å². The molecule has 6 nitrogen and oxygen atoms in total. The molecule has 1 atom stereocenters. The van der Waals surface area contributed by atoms with Gasteiger partial charge in [0.2, 0.25) is 5.75 Å². The minimum atomic E-state index is 0.0964. The molecule has 0 spiro atoms. The molecule has 1 aromatic carbocycles. The minimum absolute atomic E-state index is 0.0964. The van der Waals surface area contributed by atoms with Crippen LogP contribution >= 0.6 is 0 Å². The molecule has 0 aliphatic rings. The lowest BCUT2D eigenvalue weighted by Crippen LogP contribution is -2.35. The van der Waals surface area contributed by atoms with Gasteiger partial charge in [-0.15, -0.1) is 0 Å². The Labute approximate surface area is 126 Å². The lowest BCUT2D eigenvalue weighted by atomic mass is 10.2. The van der Waals surface area contributed by atoms with E-state index in [0.717, 1.165) is 6.54 Å². The monoisotopic (exact) mass is 299 g/mol. The zero-order valence-corrected chi connectivity index (χ0v) is 13.1. The fraction of sp³-hybridized carbons (Fsp3) is 0.600. The van der Waals surface area contributed by atoms with Crippen molar-refractivity contribution in [2.45, 2.75) is 19.4 Å². The Morgan fingerprint density at radius 1 is 1.10 bits per heavy atom. The number of hydrogen-bond donors (Lipinski definition) is 2. The normalized spacial score (nSPS) is 11.9. The number of aliphatic hydroxyl groups is 1. The van der Waals surface area contributed by atoms with E-state index in [4.69, 9.17) is 24.1 Å². The first kappa shape index (κ1) is 17.4. The first-order valence-corrected chi connectivity index (χ1v) is 6.97. The van der Waals surface area contributed by atoms with Crippen molar-refractivity contribution in [3.8, 4) is 23.0 Å². The van der Waals surface area contributed by atoms with Crippen LogP contribution in [0.4, 0.5) is 0 Å². The molecular formula is C15H25NO5. The number of methoxy groups -OCH3 is 3. The van der Waals surface area contributed by atoms with Gasteiger partial charge in [0.25, 0.3) is 0 Å². The molecule has 0 saturated carbocycles. The fourth-order valence-electron chi connectivity index (χ4n) is 2.03.